The Hall–Kier alpha value is -1.09. The average Bonchev–Trinajstić information content (AvgIpc) is 2.43. The summed E-state index contributed by atoms with van der Waals surface area (Å²) in [5, 5.41) is 9.23. The zero-order valence-corrected chi connectivity index (χ0v) is 12.5. The van der Waals surface area contributed by atoms with Crippen LogP contribution in [0.3, 0.4) is 0 Å². The van der Waals surface area contributed by atoms with E-state index in [4.69, 9.17) is 4.74 Å². The Morgan fingerprint density at radius 2 is 2.00 bits per heavy atom. The highest BCUT2D eigenvalue weighted by Gasteiger charge is 2.07. The molecule has 1 aromatic rings. The molecule has 0 saturated carbocycles. The number of hydrogen-bond acceptors (Lipinski definition) is 3. The minimum atomic E-state index is 0.0385. The summed E-state index contributed by atoms with van der Waals surface area (Å²) < 4.78 is 5.86. The van der Waals surface area contributed by atoms with Crippen LogP contribution in [-0.4, -0.2) is 16.2 Å². The normalized spacial score (nSPS) is 12.4. The van der Waals surface area contributed by atoms with Crippen LogP contribution in [0, 0.1) is 0 Å². The number of nitrogens with zero attached hydrogens (tertiary/aromatic N) is 1. The van der Waals surface area contributed by atoms with Crippen LogP contribution >= 0.6 is 0 Å². The van der Waals surface area contributed by atoms with E-state index in [0.717, 1.165) is 24.1 Å². The van der Waals surface area contributed by atoms with E-state index in [9.17, 15) is 5.11 Å². The third-order valence-electron chi connectivity index (χ3n) is 3.25. The van der Waals surface area contributed by atoms with E-state index in [-0.39, 0.29) is 12.7 Å². The van der Waals surface area contributed by atoms with Gasteiger partial charge in [0.2, 0.25) is 5.88 Å². The van der Waals surface area contributed by atoms with Gasteiger partial charge in [-0.3, -0.25) is 0 Å². The lowest BCUT2D eigenvalue weighted by atomic mass is 10.1. The Morgan fingerprint density at radius 3 is 2.63 bits per heavy atom. The molecular formula is C16H27NO2. The smallest absolute Gasteiger partial charge is 0.214 e. The van der Waals surface area contributed by atoms with Crippen LogP contribution < -0.4 is 4.74 Å². The molecule has 0 aliphatic rings. The van der Waals surface area contributed by atoms with Crippen molar-refractivity contribution < 1.29 is 9.84 Å². The molecule has 0 saturated heterocycles. The maximum absolute atomic E-state index is 9.23. The van der Waals surface area contributed by atoms with Gasteiger partial charge in [0.05, 0.1) is 12.7 Å². The van der Waals surface area contributed by atoms with Gasteiger partial charge >= 0.3 is 0 Å². The molecular weight excluding hydrogens is 238 g/mol. The van der Waals surface area contributed by atoms with E-state index in [1.54, 1.807) is 0 Å². The fraction of sp³-hybridized carbons (Fsp3) is 0.688. The topological polar surface area (TPSA) is 42.4 Å². The number of aliphatic hydroxyl groups excluding tert-OH is 1. The summed E-state index contributed by atoms with van der Waals surface area (Å²) in [4.78, 5) is 4.45. The summed E-state index contributed by atoms with van der Waals surface area (Å²) in [6.45, 7) is 6.40. The Morgan fingerprint density at radius 1 is 1.21 bits per heavy atom. The Kier molecular flexibility index (Phi) is 7.49. The van der Waals surface area contributed by atoms with Crippen LogP contribution in [0.2, 0.25) is 0 Å². The summed E-state index contributed by atoms with van der Waals surface area (Å²) in [6.07, 6.45) is 7.13. The molecule has 19 heavy (non-hydrogen) atoms. The molecule has 0 aliphatic heterocycles. The molecule has 1 unspecified atom stereocenters. The minimum Gasteiger partial charge on any atom is -0.475 e. The largest absolute Gasteiger partial charge is 0.475 e. The van der Waals surface area contributed by atoms with E-state index in [0.29, 0.717) is 5.88 Å². The predicted molar refractivity (Wildman–Crippen MR) is 78.4 cm³/mol. The highest BCUT2D eigenvalue weighted by Crippen LogP contribution is 2.17. The molecule has 1 rings (SSSR count). The third kappa shape index (κ3) is 6.06. The second-order valence-electron chi connectivity index (χ2n) is 5.09. The summed E-state index contributed by atoms with van der Waals surface area (Å²) in [6, 6.07) is 3.76. The lowest BCUT2D eigenvalue weighted by molar-refractivity contribution is 0.196. The van der Waals surface area contributed by atoms with Crippen LogP contribution in [-0.2, 0) is 13.0 Å². The van der Waals surface area contributed by atoms with Crippen molar-refractivity contribution in [1.82, 2.24) is 4.98 Å². The van der Waals surface area contributed by atoms with Crippen LogP contribution in [0.25, 0.3) is 0 Å². The molecule has 0 aromatic carbocycles. The molecule has 0 amide bonds. The van der Waals surface area contributed by atoms with Crippen molar-refractivity contribution in [3.8, 4) is 5.88 Å². The second kappa shape index (κ2) is 8.92. The average molecular weight is 265 g/mol. The van der Waals surface area contributed by atoms with E-state index in [1.165, 1.54) is 25.7 Å². The van der Waals surface area contributed by atoms with Gasteiger partial charge in [0.25, 0.3) is 0 Å². The molecule has 0 spiro atoms. The molecule has 1 heterocycles. The van der Waals surface area contributed by atoms with E-state index < -0.39 is 0 Å². The van der Waals surface area contributed by atoms with Crippen molar-refractivity contribution in [2.24, 2.45) is 0 Å². The van der Waals surface area contributed by atoms with Crippen molar-refractivity contribution in [3.05, 3.63) is 23.4 Å². The molecule has 1 N–H and O–H groups in total. The van der Waals surface area contributed by atoms with Crippen molar-refractivity contribution >= 4 is 0 Å². The molecule has 3 nitrogen and oxygen atoms in total. The first kappa shape index (κ1) is 16.0. The first-order valence-electron chi connectivity index (χ1n) is 7.46. The fourth-order valence-corrected chi connectivity index (χ4v) is 2.08. The number of aromatic nitrogens is 1. The SMILES string of the molecule is CCCCCCC(C)Oc1cc(CO)cc(CC)n1. The molecule has 0 fully saturated rings. The number of aryl methyl sites for hydroxylation is 1. The van der Waals surface area contributed by atoms with Crippen LogP contribution in [0.4, 0.5) is 0 Å². The number of aliphatic hydroxyl groups is 1. The van der Waals surface area contributed by atoms with Crippen LogP contribution in [0.1, 0.15) is 64.1 Å². The molecule has 0 bridgehead atoms. The Balaban J connectivity index is 2.50. The first-order chi connectivity index (χ1) is 9.19. The van der Waals surface area contributed by atoms with Crippen LogP contribution in [0.5, 0.6) is 5.88 Å². The van der Waals surface area contributed by atoms with Gasteiger partial charge in [0.15, 0.2) is 0 Å². The molecule has 1 atom stereocenters. The van der Waals surface area contributed by atoms with Crippen molar-refractivity contribution in [2.75, 3.05) is 0 Å². The van der Waals surface area contributed by atoms with Crippen LogP contribution in [0.15, 0.2) is 12.1 Å². The monoisotopic (exact) mass is 265 g/mol. The maximum atomic E-state index is 9.23. The quantitative estimate of drug-likeness (QED) is 0.689. The zero-order chi connectivity index (χ0) is 14.1. The lowest BCUT2D eigenvalue weighted by Crippen LogP contribution is -2.13. The van der Waals surface area contributed by atoms with Gasteiger partial charge in [-0.15, -0.1) is 0 Å². The maximum Gasteiger partial charge on any atom is 0.214 e. The minimum absolute atomic E-state index is 0.0385. The highest BCUT2D eigenvalue weighted by atomic mass is 16.5. The number of pyridine rings is 1. The predicted octanol–water partition coefficient (Wildman–Crippen LogP) is 3.87. The third-order valence-corrected chi connectivity index (χ3v) is 3.25. The fourth-order valence-electron chi connectivity index (χ4n) is 2.08. The summed E-state index contributed by atoms with van der Waals surface area (Å²) in [7, 11) is 0. The van der Waals surface area contributed by atoms with Gasteiger partial charge in [-0.1, -0.05) is 33.1 Å². The van der Waals surface area contributed by atoms with Crippen molar-refractivity contribution in [3.63, 3.8) is 0 Å². The molecule has 0 radical (unpaired) electrons. The molecule has 3 heteroatoms. The van der Waals surface area contributed by atoms with E-state index in [1.807, 2.05) is 12.1 Å². The number of hydrogen-bond donors (Lipinski definition) is 1. The van der Waals surface area contributed by atoms with Gasteiger partial charge in [0, 0.05) is 11.8 Å². The Labute approximate surface area is 117 Å². The van der Waals surface area contributed by atoms with Gasteiger partial charge in [-0.05, 0) is 37.8 Å². The van der Waals surface area contributed by atoms with Crippen molar-refractivity contribution in [1.29, 1.82) is 0 Å². The molecule has 1 aromatic heterocycles. The summed E-state index contributed by atoms with van der Waals surface area (Å²) in [5.74, 6) is 0.645. The van der Waals surface area contributed by atoms with E-state index >= 15 is 0 Å². The Bertz CT molecular complexity index is 344. The standard InChI is InChI=1S/C16H27NO2/c1-4-6-7-8-9-13(3)19-16-11-14(12-18)10-15(5-2)17-16/h10-11,13,18H,4-9,12H2,1-3H3. The van der Waals surface area contributed by atoms with Crippen molar-refractivity contribution in [2.45, 2.75) is 72.0 Å². The molecule has 108 valence electrons. The number of unbranched alkanes of at least 4 members (excludes halogenated alkanes) is 3. The zero-order valence-electron chi connectivity index (χ0n) is 12.5. The highest BCUT2D eigenvalue weighted by molar-refractivity contribution is 5.24. The van der Waals surface area contributed by atoms with E-state index in [2.05, 4.69) is 25.8 Å². The number of ether oxygens (including phenoxy) is 1. The van der Waals surface area contributed by atoms with Gasteiger partial charge in [-0.2, -0.15) is 0 Å². The lowest BCUT2D eigenvalue weighted by Gasteiger charge is -2.15. The number of rotatable bonds is 9. The van der Waals surface area contributed by atoms with Gasteiger partial charge < -0.3 is 9.84 Å². The second-order valence-corrected chi connectivity index (χ2v) is 5.09. The molecule has 0 aliphatic carbocycles. The van der Waals surface area contributed by atoms with Gasteiger partial charge in [-0.25, -0.2) is 4.98 Å². The van der Waals surface area contributed by atoms with Gasteiger partial charge in [0.1, 0.15) is 0 Å². The first-order valence-corrected chi connectivity index (χ1v) is 7.46. The summed E-state index contributed by atoms with van der Waals surface area (Å²) >= 11 is 0. The summed E-state index contributed by atoms with van der Waals surface area (Å²) in [5.41, 5.74) is 1.85.